The number of carbonyl (C=O) groups excluding carboxylic acids is 4. The zero-order valence-electron chi connectivity index (χ0n) is 81.8. The maximum Gasteiger partial charge on any atom is 0.380 e. The topological polar surface area (TPSA) is 505 Å². The Hall–Kier alpha value is -9.34. The maximum atomic E-state index is 15.3. The van der Waals surface area contributed by atoms with Crippen molar-refractivity contribution in [1.29, 1.82) is 0 Å². The average molecular weight is 2270 g/mol. The van der Waals surface area contributed by atoms with Crippen LogP contribution in [0.5, 0.6) is 23.0 Å². The van der Waals surface area contributed by atoms with Gasteiger partial charge < -0.3 is 87.1 Å². The number of hydrogen-bond donors (Lipinski definition) is 8. The predicted molar refractivity (Wildman–Crippen MR) is 532 cm³/mol. The first-order chi connectivity index (χ1) is 69.5. The number of nitrogens with one attached hydrogen (secondary N) is 3. The highest BCUT2D eigenvalue weighted by Crippen LogP contribution is 2.57. The number of benzene rings is 4. The Morgan fingerprint density at radius 2 is 0.622 bits per heavy atom. The average Bonchev–Trinajstić information content (AvgIpc) is 1.62. The fourth-order valence-electron chi connectivity index (χ4n) is 14.8. The molecule has 4 aromatic carbocycles. The van der Waals surface area contributed by atoms with Crippen molar-refractivity contribution in [3.05, 3.63) is 215 Å². The number of aromatic amines is 3. The second kappa shape index (κ2) is 53.8. The third-order valence-corrected chi connectivity index (χ3v) is 31.6. The van der Waals surface area contributed by atoms with Crippen LogP contribution >= 0.6 is 91.5 Å². The van der Waals surface area contributed by atoms with E-state index in [2.05, 4.69) is 19.9 Å². The number of nitrogen functional groups attached to an aromatic ring is 1. The molecule has 4 aromatic heterocycles. The van der Waals surface area contributed by atoms with Crippen LogP contribution in [0.25, 0.3) is 0 Å². The van der Waals surface area contributed by atoms with Gasteiger partial charge >= 0.3 is 60.0 Å². The minimum atomic E-state index is -4.14. The standard InChI is InChI=1S/C23H30F2N3O7PS.2C23H29F2N2O8PS.C23H29F2N2O7PS2/c1-14(2)33-20(29)15(3)12-36(31,35-16-7-5-4-6-8-16)32-11-17-19(25)23(30,13-24)21(34-17)28-10-9-18(26)27-22(28)37;1-14(2)33-20(28)15(3)12-36(31,35-16-7-5-4-6-8-16)32-11-17-19(25)23(30,13-24)21(34-17)27-10-9-18(37)26-22(27)29;1-14(2)33-20(29)15(3)12-36(31,35-16-7-5-4-6-8-16)32-11-17-19(25)23(30,13-24)21(34-17)27-10-9-18(28)26-22(27)37;1-14(2)32-20(28)15(3)12-35(30,34-16-7-5-4-6-8-16)31-11-17-19(25)23(29,13-24)21(33-17)27-10-9-18(36)26-22(27)37/h4-10,14-15,17,19,21,30H,11-13H2,1-3H3,(H2,26,27,37);4-10,14-15,17,19,21,30H,11-13H2,1-3H3,(H,26,29,37);4-10,14-15,17,19,21,30H,11-13H2,1-3H3,(H,26,28,37);4-10,14-15,17,19,21,29H,11-13H2,1-3H3,(H,26,36,37)/t3*15-,17-,19+,21-,23?,36?;15-,17-,19+,21-,23?,35?/m1111/s1. The molecule has 0 spiro atoms. The molecule has 4 fully saturated rings. The Morgan fingerprint density at radius 3 is 0.872 bits per heavy atom. The van der Waals surface area contributed by atoms with Crippen molar-refractivity contribution in [2.75, 3.05) is 83.5 Å². The first-order valence-electron chi connectivity index (χ1n) is 45.9. The van der Waals surface area contributed by atoms with Crippen LogP contribution in [0, 0.1) is 47.3 Å². The summed E-state index contributed by atoms with van der Waals surface area (Å²) < 4.78 is 263. The Labute approximate surface area is 870 Å². The quantitative estimate of drug-likeness (QED) is 0.00578. The molecule has 4 aliphatic heterocycles. The van der Waals surface area contributed by atoms with E-state index in [1.54, 1.807) is 128 Å². The number of alkyl halides is 8. The fourth-order valence-corrected chi connectivity index (χ4v) is 23.4. The molecule has 9 N–H and O–H groups in total. The molecule has 148 heavy (non-hydrogen) atoms. The van der Waals surface area contributed by atoms with E-state index in [0.717, 1.165) is 36.7 Å². The van der Waals surface area contributed by atoms with Gasteiger partial charge in [-0.25, -0.2) is 63.2 Å². The number of carbonyl (C=O) groups is 4. The SMILES string of the molecule is CC(C)OC(=O)[C@H](C)CP(=O)(OC[C@H]1O[C@@H](n2ccc(=O)[nH]c2=S)C(O)(CF)[C@H]1F)Oc1ccccc1.CC(C)OC(=O)[C@H](C)CP(=O)(OC[C@H]1O[C@@H](n2ccc(=S)[nH]c2=O)C(O)(CF)[C@H]1F)Oc1ccccc1.CC(C)OC(=O)[C@H](C)CP(=O)(OC[C@H]1O[C@@H](n2ccc(=S)[nH]c2=S)C(O)(CF)[C@H]1F)Oc1ccccc1.CC(C)OC(=O)[C@H](C)CP(=O)(OC[C@H]1O[C@@H](n2ccc(N)nc2=S)C(O)(CF)[C@H]1F)Oc1ccccc1. The Morgan fingerprint density at radius 1 is 0.378 bits per heavy atom. The highest BCUT2D eigenvalue weighted by atomic mass is 32.1. The molecular formula is C92H117F8N9O30P4S5. The smallest absolute Gasteiger partial charge is 0.380 e. The van der Waals surface area contributed by atoms with Gasteiger partial charge in [0.1, 0.15) is 89.2 Å². The summed E-state index contributed by atoms with van der Waals surface area (Å²) in [5.41, 5.74) is -6.48. The van der Waals surface area contributed by atoms with Crippen LogP contribution in [0.15, 0.2) is 180 Å². The van der Waals surface area contributed by atoms with Gasteiger partial charge in [-0.15, -0.1) is 0 Å². The summed E-state index contributed by atoms with van der Waals surface area (Å²) >= 11 is 25.2. The Balaban J connectivity index is 0.000000219. The van der Waals surface area contributed by atoms with E-state index in [9.17, 15) is 85.0 Å². The summed E-state index contributed by atoms with van der Waals surface area (Å²) in [5, 5.41) is 43.1. The molecule has 56 heteroatoms. The van der Waals surface area contributed by atoms with Crippen molar-refractivity contribution >= 4 is 121 Å². The van der Waals surface area contributed by atoms with E-state index >= 15 is 17.6 Å². The molecule has 24 atom stereocenters. The van der Waals surface area contributed by atoms with Crippen LogP contribution < -0.4 is 35.1 Å². The lowest BCUT2D eigenvalue weighted by molar-refractivity contribution is -0.152. The number of esters is 4. The number of halogens is 8. The zero-order valence-corrected chi connectivity index (χ0v) is 89.4. The maximum absolute atomic E-state index is 15.3. The van der Waals surface area contributed by atoms with Crippen LogP contribution in [0.2, 0.25) is 0 Å². The predicted octanol–water partition coefficient (Wildman–Crippen LogP) is 16.5. The van der Waals surface area contributed by atoms with Crippen molar-refractivity contribution in [2.45, 2.75) is 204 Å². The van der Waals surface area contributed by atoms with Gasteiger partial charge in [0.05, 0.1) is 99.2 Å². The van der Waals surface area contributed by atoms with Gasteiger partial charge in [-0.2, -0.15) is 0 Å². The molecule has 8 heterocycles. The normalized spacial score (nSPS) is 26.0. The number of rotatable bonds is 44. The highest BCUT2D eigenvalue weighted by molar-refractivity contribution is 7.72. The summed E-state index contributed by atoms with van der Waals surface area (Å²) in [7, 11) is -16.5. The molecule has 0 aliphatic carbocycles. The lowest BCUT2D eigenvalue weighted by Gasteiger charge is -2.28. The van der Waals surface area contributed by atoms with Crippen molar-refractivity contribution in [2.24, 2.45) is 23.7 Å². The van der Waals surface area contributed by atoms with Crippen LogP contribution in [0.4, 0.5) is 40.9 Å². The zero-order chi connectivity index (χ0) is 110. The van der Waals surface area contributed by atoms with Gasteiger partial charge in [0.25, 0.3) is 5.56 Å². The van der Waals surface area contributed by atoms with Crippen LogP contribution in [-0.4, -0.2) is 256 Å². The molecule has 0 bridgehead atoms. The number of anilines is 1. The molecule has 8 unspecified atom stereocenters. The molecule has 12 rings (SSSR count). The van der Waals surface area contributed by atoms with E-state index in [-0.39, 0.29) is 64.7 Å². The number of aliphatic hydroxyl groups is 4. The van der Waals surface area contributed by atoms with Gasteiger partial charge in [0.2, 0.25) is 4.77 Å². The van der Waals surface area contributed by atoms with Crippen LogP contribution in [0.1, 0.15) is 108 Å². The van der Waals surface area contributed by atoms with Gasteiger partial charge in [0, 0.05) is 30.9 Å². The minimum absolute atomic E-state index is 0.0197. The summed E-state index contributed by atoms with van der Waals surface area (Å²) in [6.07, 6.45) is -20.5. The minimum Gasteiger partial charge on any atom is -0.463 e. The summed E-state index contributed by atoms with van der Waals surface area (Å²) in [6, 6.07) is 37.3. The van der Waals surface area contributed by atoms with Gasteiger partial charge in [-0.1, -0.05) is 125 Å². The highest BCUT2D eigenvalue weighted by Gasteiger charge is 2.63. The fraction of sp³-hybridized carbons (Fsp3) is 0.522. The number of nitrogens with zero attached hydrogens (tertiary/aromatic N) is 5. The lowest BCUT2D eigenvalue weighted by Crippen LogP contribution is -2.48. The van der Waals surface area contributed by atoms with Crippen molar-refractivity contribution < 1.29 is 167 Å². The molecule has 0 amide bonds. The molecular weight excluding hydrogens is 2150 g/mol. The number of H-pyrrole nitrogens is 3. The van der Waals surface area contributed by atoms with Gasteiger partial charge in [-0.05, 0) is 159 Å². The van der Waals surface area contributed by atoms with Crippen LogP contribution in [0.3, 0.4) is 0 Å². The van der Waals surface area contributed by atoms with E-state index in [4.69, 9.17) is 141 Å². The number of para-hydroxylation sites is 4. The monoisotopic (exact) mass is 2260 g/mol. The van der Waals surface area contributed by atoms with E-state index < -0.39 is 275 Å². The number of hydrogen-bond acceptors (Lipinski definition) is 37. The molecule has 0 radical (unpaired) electrons. The second-order valence-corrected chi connectivity index (χ2v) is 46.0. The largest absolute Gasteiger partial charge is 0.463 e. The molecule has 39 nitrogen and oxygen atoms in total. The van der Waals surface area contributed by atoms with E-state index in [1.165, 1.54) is 107 Å². The van der Waals surface area contributed by atoms with Crippen molar-refractivity contribution in [3.8, 4) is 23.0 Å². The third-order valence-electron chi connectivity index (χ3n) is 22.1. The first-order valence-corrected chi connectivity index (χ1v) is 54.8. The third kappa shape index (κ3) is 32.4. The van der Waals surface area contributed by atoms with Crippen molar-refractivity contribution in [3.63, 3.8) is 0 Å². The van der Waals surface area contributed by atoms with Gasteiger partial charge in [-0.3, -0.25) is 70.3 Å². The number of aromatic nitrogens is 8. The molecule has 4 aliphatic rings. The number of ether oxygens (including phenoxy) is 8. The van der Waals surface area contributed by atoms with E-state index in [0.29, 0.717) is 0 Å². The number of nitrogens with two attached hydrogens (primary N) is 1. The Kier molecular flexibility index (Phi) is 44.4. The van der Waals surface area contributed by atoms with Crippen molar-refractivity contribution in [1.82, 2.24) is 38.2 Å². The molecule has 8 aromatic rings. The van der Waals surface area contributed by atoms with Gasteiger partial charge in [0.15, 0.2) is 81.5 Å². The summed E-state index contributed by atoms with van der Waals surface area (Å²) in [5.74, 6) is -5.28. The Bertz CT molecular complexity index is 5980. The summed E-state index contributed by atoms with van der Waals surface area (Å²) in [4.78, 5) is 84.2. The lowest BCUT2D eigenvalue weighted by atomic mass is 9.97. The van der Waals surface area contributed by atoms with Crippen LogP contribution in [-0.2, 0) is 93.4 Å². The molecule has 816 valence electrons. The molecule has 0 saturated carbocycles. The second-order valence-electron chi connectivity index (χ2n) is 35.8. The first kappa shape index (κ1) is 122. The van der Waals surface area contributed by atoms with E-state index in [1.807, 2.05) is 0 Å². The summed E-state index contributed by atoms with van der Waals surface area (Å²) in [6.45, 7) is 10.3. The molecule has 4 saturated heterocycles.